The van der Waals surface area contributed by atoms with Crippen molar-refractivity contribution in [1.29, 1.82) is 0 Å². The van der Waals surface area contributed by atoms with Crippen LogP contribution in [0, 0.1) is 5.92 Å². The number of carbonyl (C=O) groups is 1. The first-order valence-corrected chi connectivity index (χ1v) is 6.15. The van der Waals surface area contributed by atoms with Crippen LogP contribution < -0.4 is 5.32 Å². The molecular weight excluding hydrogens is 202 g/mol. The molecule has 1 heterocycles. The summed E-state index contributed by atoms with van der Waals surface area (Å²) in [5.74, 6) is 1.05. The van der Waals surface area contributed by atoms with Gasteiger partial charge in [0, 0.05) is 13.1 Å². The summed E-state index contributed by atoms with van der Waals surface area (Å²) in [6.45, 7) is 3.56. The average molecular weight is 228 g/mol. The van der Waals surface area contributed by atoms with Crippen LogP contribution >= 0.6 is 0 Å². The van der Waals surface area contributed by atoms with Crippen molar-refractivity contribution in [1.82, 2.24) is 10.2 Å². The van der Waals surface area contributed by atoms with Crippen LogP contribution in [0.3, 0.4) is 0 Å². The maximum absolute atomic E-state index is 12.0. The van der Waals surface area contributed by atoms with Crippen molar-refractivity contribution in [2.45, 2.75) is 12.8 Å². The largest absolute Gasteiger partial charge is 0.338 e. The highest BCUT2D eigenvalue weighted by molar-refractivity contribution is 5.77. The number of likely N-dealkylation sites (N-methyl/N-ethyl adjacent to an activating group) is 1. The monoisotopic (exact) mass is 228 g/mol. The van der Waals surface area contributed by atoms with E-state index in [1.165, 1.54) is 0 Å². The molecule has 1 aliphatic rings. The lowest BCUT2D eigenvalue weighted by Crippen LogP contribution is -2.48. The molecule has 0 saturated carbocycles. The molecule has 0 spiro atoms. The van der Waals surface area contributed by atoms with E-state index in [2.05, 4.69) is 26.5 Å². The molecule has 1 rings (SSSR count). The van der Waals surface area contributed by atoms with Gasteiger partial charge in [-0.2, -0.15) is 0 Å². The molecule has 0 aromatic carbocycles. The molecule has 1 N–H and O–H groups in total. The van der Waals surface area contributed by atoms with Crippen LogP contribution in [0.5, 0.6) is 0 Å². The maximum atomic E-state index is 12.0. The average Bonchev–Trinajstić information content (AvgIpc) is 2.16. The summed E-state index contributed by atoms with van der Waals surface area (Å²) in [4.78, 5) is 14.0. The van der Waals surface area contributed by atoms with Crippen molar-refractivity contribution < 1.29 is 9.28 Å². The Morgan fingerprint density at radius 1 is 1.31 bits per heavy atom. The number of piperidine rings is 1. The zero-order chi connectivity index (χ0) is 12.2. The standard InChI is InChI=1S/C12H26N3O/c1-13-9-11-5-7-14(8-6-11)12(16)10-15(2,3)4/h11,13H,5-10H2,1-4H3/q+1. The molecule has 94 valence electrons. The fraction of sp³-hybridized carbons (Fsp3) is 0.917. The maximum Gasteiger partial charge on any atom is 0.277 e. The molecular formula is C12H26N3O+. The van der Waals surface area contributed by atoms with Crippen LogP contribution in [0.1, 0.15) is 12.8 Å². The second kappa shape index (κ2) is 5.64. The minimum Gasteiger partial charge on any atom is -0.338 e. The van der Waals surface area contributed by atoms with Gasteiger partial charge in [0.15, 0.2) is 6.54 Å². The minimum absolute atomic E-state index is 0.301. The Kier molecular flexibility index (Phi) is 4.74. The van der Waals surface area contributed by atoms with Crippen molar-refractivity contribution >= 4 is 5.91 Å². The summed E-state index contributed by atoms with van der Waals surface area (Å²) in [5, 5.41) is 3.21. The lowest BCUT2D eigenvalue weighted by Gasteiger charge is -2.34. The van der Waals surface area contributed by atoms with E-state index >= 15 is 0 Å². The molecule has 4 heteroatoms. The van der Waals surface area contributed by atoms with Gasteiger partial charge in [0.05, 0.1) is 21.1 Å². The minimum atomic E-state index is 0.301. The molecule has 0 aromatic heterocycles. The van der Waals surface area contributed by atoms with E-state index in [9.17, 15) is 4.79 Å². The molecule has 0 aliphatic carbocycles. The molecule has 1 aliphatic heterocycles. The fourth-order valence-electron chi connectivity index (χ4n) is 2.18. The fourth-order valence-corrected chi connectivity index (χ4v) is 2.18. The number of nitrogens with zero attached hydrogens (tertiary/aromatic N) is 2. The van der Waals surface area contributed by atoms with Crippen LogP contribution in [0.15, 0.2) is 0 Å². The normalized spacial score (nSPS) is 18.9. The summed E-state index contributed by atoms with van der Waals surface area (Å²) in [6, 6.07) is 0. The van der Waals surface area contributed by atoms with Crippen molar-refractivity contribution in [3.8, 4) is 0 Å². The highest BCUT2D eigenvalue weighted by Gasteiger charge is 2.25. The van der Waals surface area contributed by atoms with Crippen LogP contribution in [-0.2, 0) is 4.79 Å². The smallest absolute Gasteiger partial charge is 0.277 e. The molecule has 0 aromatic rings. The number of carbonyl (C=O) groups excluding carboxylic acids is 1. The molecule has 1 amide bonds. The lowest BCUT2D eigenvalue weighted by molar-refractivity contribution is -0.862. The van der Waals surface area contributed by atoms with Gasteiger partial charge in [0.25, 0.3) is 5.91 Å². The SMILES string of the molecule is CNCC1CCN(C(=O)C[N+](C)(C)C)CC1. The van der Waals surface area contributed by atoms with Crippen LogP contribution in [0.25, 0.3) is 0 Å². The van der Waals surface area contributed by atoms with Crippen molar-refractivity contribution in [2.24, 2.45) is 5.92 Å². The van der Waals surface area contributed by atoms with E-state index in [0.29, 0.717) is 12.5 Å². The zero-order valence-corrected chi connectivity index (χ0v) is 11.1. The molecule has 0 unspecified atom stereocenters. The quantitative estimate of drug-likeness (QED) is 0.695. The van der Waals surface area contributed by atoms with Gasteiger partial charge in [-0.05, 0) is 32.4 Å². The Hall–Kier alpha value is -0.610. The molecule has 16 heavy (non-hydrogen) atoms. The predicted molar refractivity (Wildman–Crippen MR) is 66.1 cm³/mol. The number of nitrogens with one attached hydrogen (secondary N) is 1. The second-order valence-electron chi connectivity index (χ2n) is 5.83. The molecule has 0 radical (unpaired) electrons. The van der Waals surface area contributed by atoms with E-state index in [-0.39, 0.29) is 0 Å². The number of amides is 1. The Morgan fingerprint density at radius 3 is 2.31 bits per heavy atom. The summed E-state index contributed by atoms with van der Waals surface area (Å²) < 4.78 is 0.718. The summed E-state index contributed by atoms with van der Waals surface area (Å²) in [5.41, 5.74) is 0. The van der Waals surface area contributed by atoms with E-state index < -0.39 is 0 Å². The van der Waals surface area contributed by atoms with E-state index in [1.807, 2.05) is 11.9 Å². The van der Waals surface area contributed by atoms with Crippen LogP contribution in [0.4, 0.5) is 0 Å². The highest BCUT2D eigenvalue weighted by Crippen LogP contribution is 2.16. The van der Waals surface area contributed by atoms with Gasteiger partial charge < -0.3 is 14.7 Å². The van der Waals surface area contributed by atoms with Crippen molar-refractivity contribution in [3.63, 3.8) is 0 Å². The first-order chi connectivity index (χ1) is 7.42. The topological polar surface area (TPSA) is 32.3 Å². The Labute approximate surface area is 99.2 Å². The summed E-state index contributed by atoms with van der Waals surface area (Å²) in [7, 11) is 8.18. The number of quaternary nitrogens is 1. The van der Waals surface area contributed by atoms with E-state index in [4.69, 9.17) is 0 Å². The van der Waals surface area contributed by atoms with Crippen LogP contribution in [0.2, 0.25) is 0 Å². The highest BCUT2D eigenvalue weighted by atomic mass is 16.2. The number of likely N-dealkylation sites (tertiary alicyclic amines) is 1. The Morgan fingerprint density at radius 2 is 1.88 bits per heavy atom. The predicted octanol–water partition coefficient (Wildman–Crippen LogP) is 0.151. The Bertz CT molecular complexity index is 227. The molecule has 1 fully saturated rings. The zero-order valence-electron chi connectivity index (χ0n) is 11.1. The summed E-state index contributed by atoms with van der Waals surface area (Å²) >= 11 is 0. The third-order valence-electron chi connectivity index (χ3n) is 3.07. The van der Waals surface area contributed by atoms with Gasteiger partial charge in [-0.15, -0.1) is 0 Å². The second-order valence-corrected chi connectivity index (χ2v) is 5.83. The van der Waals surface area contributed by atoms with Crippen molar-refractivity contribution in [2.75, 3.05) is 54.4 Å². The van der Waals surface area contributed by atoms with Gasteiger partial charge in [0.2, 0.25) is 0 Å². The van der Waals surface area contributed by atoms with Gasteiger partial charge in [-0.25, -0.2) is 0 Å². The van der Waals surface area contributed by atoms with Gasteiger partial charge in [0.1, 0.15) is 0 Å². The van der Waals surface area contributed by atoms with E-state index in [1.54, 1.807) is 0 Å². The Balaban J connectivity index is 2.33. The van der Waals surface area contributed by atoms with E-state index in [0.717, 1.165) is 42.9 Å². The lowest BCUT2D eigenvalue weighted by atomic mass is 9.97. The molecule has 1 saturated heterocycles. The molecule has 0 bridgehead atoms. The van der Waals surface area contributed by atoms with Gasteiger partial charge >= 0.3 is 0 Å². The number of hydrogen-bond donors (Lipinski definition) is 1. The van der Waals surface area contributed by atoms with Gasteiger partial charge in [-0.1, -0.05) is 0 Å². The third-order valence-corrected chi connectivity index (χ3v) is 3.07. The van der Waals surface area contributed by atoms with Gasteiger partial charge in [-0.3, -0.25) is 4.79 Å². The first kappa shape index (κ1) is 13.5. The third kappa shape index (κ3) is 4.49. The van der Waals surface area contributed by atoms with Crippen LogP contribution in [-0.4, -0.2) is 69.7 Å². The molecule has 4 nitrogen and oxygen atoms in total. The van der Waals surface area contributed by atoms with Crippen molar-refractivity contribution in [3.05, 3.63) is 0 Å². The number of rotatable bonds is 4. The number of hydrogen-bond acceptors (Lipinski definition) is 2. The summed E-state index contributed by atoms with van der Waals surface area (Å²) in [6.07, 6.45) is 2.29. The molecule has 0 atom stereocenters. The first-order valence-electron chi connectivity index (χ1n) is 6.15.